The smallest absolute Gasteiger partial charge is 0.322 e. The third-order valence-corrected chi connectivity index (χ3v) is 5.53. The minimum absolute atomic E-state index is 0.0488. The number of benzene rings is 1. The first-order valence-electron chi connectivity index (χ1n) is 10.6. The second-order valence-corrected chi connectivity index (χ2v) is 8.10. The van der Waals surface area contributed by atoms with E-state index in [-0.39, 0.29) is 24.0 Å². The number of hydrogen-bond donors (Lipinski definition) is 2. The van der Waals surface area contributed by atoms with E-state index in [1.165, 1.54) is 0 Å². The van der Waals surface area contributed by atoms with E-state index in [1.54, 1.807) is 17.3 Å². The summed E-state index contributed by atoms with van der Waals surface area (Å²) in [5.74, 6) is 0.179. The number of urea groups is 1. The molecule has 0 spiro atoms. The lowest BCUT2D eigenvalue weighted by Gasteiger charge is -2.26. The van der Waals surface area contributed by atoms with Gasteiger partial charge in [-0.1, -0.05) is 12.1 Å². The topological polar surface area (TPSA) is 83.6 Å². The number of carbonyl (C=O) groups excluding carboxylic acids is 2. The minimum Gasteiger partial charge on any atom is -0.376 e. The van der Waals surface area contributed by atoms with E-state index in [2.05, 4.69) is 15.6 Å². The maximum absolute atomic E-state index is 13.2. The molecule has 4 rings (SSSR count). The highest BCUT2D eigenvalue weighted by Crippen LogP contribution is 2.31. The van der Waals surface area contributed by atoms with Crippen LogP contribution in [0.3, 0.4) is 0 Å². The molecule has 2 aliphatic rings. The van der Waals surface area contributed by atoms with Crippen LogP contribution in [-0.4, -0.2) is 41.1 Å². The summed E-state index contributed by atoms with van der Waals surface area (Å²) in [6.45, 7) is 3.66. The quantitative estimate of drug-likeness (QED) is 0.727. The van der Waals surface area contributed by atoms with Crippen molar-refractivity contribution in [3.63, 3.8) is 0 Å². The monoisotopic (exact) mass is 408 g/mol. The largest absolute Gasteiger partial charge is 0.376 e. The summed E-state index contributed by atoms with van der Waals surface area (Å²) in [4.78, 5) is 31.2. The highest BCUT2D eigenvalue weighted by molar-refractivity contribution is 5.96. The SMILES string of the molecule is Cc1ccc(NC(=O)C2CC2)cc1NC(=O)N(Cc1cccnc1)CC1CCCO1. The fraction of sp³-hybridized carbons (Fsp3) is 0.435. The van der Waals surface area contributed by atoms with Crippen molar-refractivity contribution in [2.75, 3.05) is 23.8 Å². The van der Waals surface area contributed by atoms with E-state index in [0.29, 0.717) is 24.5 Å². The number of hydrogen-bond acceptors (Lipinski definition) is 4. The molecule has 2 heterocycles. The number of nitrogens with zero attached hydrogens (tertiary/aromatic N) is 2. The van der Waals surface area contributed by atoms with Crippen molar-refractivity contribution in [3.8, 4) is 0 Å². The standard InChI is InChI=1S/C23H28N4O3/c1-16-6-9-19(25-22(28)18-7-8-18)12-21(16)26-23(29)27(15-20-5-3-11-30-20)14-17-4-2-10-24-13-17/h2,4,6,9-10,12-13,18,20H,3,5,7-8,11,14-15H2,1H3,(H,25,28)(H,26,29). The molecule has 0 bridgehead atoms. The van der Waals surface area contributed by atoms with E-state index in [0.717, 1.165) is 43.4 Å². The van der Waals surface area contributed by atoms with Crippen molar-refractivity contribution in [1.82, 2.24) is 9.88 Å². The van der Waals surface area contributed by atoms with Gasteiger partial charge in [-0.15, -0.1) is 0 Å². The first-order chi connectivity index (χ1) is 14.6. The molecule has 0 radical (unpaired) electrons. The number of carbonyl (C=O) groups is 2. The van der Waals surface area contributed by atoms with E-state index in [4.69, 9.17) is 4.74 Å². The van der Waals surface area contributed by atoms with Gasteiger partial charge in [0.2, 0.25) is 5.91 Å². The zero-order valence-corrected chi connectivity index (χ0v) is 17.3. The second kappa shape index (κ2) is 9.26. The van der Waals surface area contributed by atoms with Gasteiger partial charge in [0.1, 0.15) is 0 Å². The number of pyridine rings is 1. The molecular formula is C23H28N4O3. The molecule has 1 aromatic heterocycles. The average molecular weight is 409 g/mol. The molecule has 158 valence electrons. The van der Waals surface area contributed by atoms with Crippen molar-refractivity contribution in [1.29, 1.82) is 0 Å². The Morgan fingerprint density at radius 2 is 2.07 bits per heavy atom. The third kappa shape index (κ3) is 5.36. The van der Waals surface area contributed by atoms with Gasteiger partial charge >= 0.3 is 6.03 Å². The molecule has 1 saturated carbocycles. The molecule has 1 atom stereocenters. The lowest BCUT2D eigenvalue weighted by atomic mass is 10.1. The van der Waals surface area contributed by atoms with Gasteiger partial charge in [-0.05, 0) is 61.9 Å². The molecular weight excluding hydrogens is 380 g/mol. The normalized spacial score (nSPS) is 18.1. The molecule has 1 aliphatic heterocycles. The summed E-state index contributed by atoms with van der Waals surface area (Å²) >= 11 is 0. The van der Waals surface area contributed by atoms with Crippen molar-refractivity contribution < 1.29 is 14.3 Å². The Hall–Kier alpha value is -2.93. The Morgan fingerprint density at radius 3 is 2.77 bits per heavy atom. The van der Waals surface area contributed by atoms with Gasteiger partial charge in [0.05, 0.1) is 6.10 Å². The number of rotatable bonds is 7. The van der Waals surface area contributed by atoms with Gasteiger partial charge in [0, 0.05) is 49.4 Å². The first kappa shape index (κ1) is 20.3. The van der Waals surface area contributed by atoms with Gasteiger partial charge in [-0.25, -0.2) is 4.79 Å². The van der Waals surface area contributed by atoms with E-state index in [1.807, 2.05) is 37.3 Å². The summed E-state index contributed by atoms with van der Waals surface area (Å²) in [6, 6.07) is 9.23. The molecule has 2 aromatic rings. The molecule has 7 heteroatoms. The van der Waals surface area contributed by atoms with Gasteiger partial charge < -0.3 is 20.3 Å². The predicted molar refractivity (Wildman–Crippen MR) is 115 cm³/mol. The Labute approximate surface area is 176 Å². The van der Waals surface area contributed by atoms with Crippen LogP contribution in [0.4, 0.5) is 16.2 Å². The zero-order valence-electron chi connectivity index (χ0n) is 17.3. The fourth-order valence-corrected chi connectivity index (χ4v) is 3.58. The number of amides is 3. The average Bonchev–Trinajstić information content (AvgIpc) is 3.48. The Bertz CT molecular complexity index is 893. The summed E-state index contributed by atoms with van der Waals surface area (Å²) in [5, 5.41) is 5.96. The van der Waals surface area contributed by atoms with Crippen molar-refractivity contribution >= 4 is 23.3 Å². The van der Waals surface area contributed by atoms with Gasteiger partial charge in [0.15, 0.2) is 0 Å². The van der Waals surface area contributed by atoms with Gasteiger partial charge in [-0.2, -0.15) is 0 Å². The summed E-state index contributed by atoms with van der Waals surface area (Å²) in [6.07, 6.45) is 7.43. The predicted octanol–water partition coefficient (Wildman–Crippen LogP) is 3.95. The number of aryl methyl sites for hydroxylation is 1. The number of nitrogens with one attached hydrogen (secondary N) is 2. The van der Waals surface area contributed by atoms with Crippen molar-refractivity contribution in [2.45, 2.75) is 45.3 Å². The van der Waals surface area contributed by atoms with Crippen LogP contribution in [0.25, 0.3) is 0 Å². The molecule has 2 fully saturated rings. The number of aromatic nitrogens is 1. The number of ether oxygens (including phenoxy) is 1. The Morgan fingerprint density at radius 1 is 1.20 bits per heavy atom. The summed E-state index contributed by atoms with van der Waals surface area (Å²) < 4.78 is 5.75. The Kier molecular flexibility index (Phi) is 6.28. The van der Waals surface area contributed by atoms with Crippen molar-refractivity contribution in [3.05, 3.63) is 53.9 Å². The van der Waals surface area contributed by atoms with Crippen LogP contribution < -0.4 is 10.6 Å². The van der Waals surface area contributed by atoms with Crippen LogP contribution in [0.5, 0.6) is 0 Å². The number of anilines is 2. The van der Waals surface area contributed by atoms with Crippen LogP contribution in [0.1, 0.15) is 36.8 Å². The fourth-order valence-electron chi connectivity index (χ4n) is 3.58. The minimum atomic E-state index is -0.192. The zero-order chi connectivity index (χ0) is 20.9. The van der Waals surface area contributed by atoms with Gasteiger partial charge in [-0.3, -0.25) is 9.78 Å². The van der Waals surface area contributed by atoms with E-state index < -0.39 is 0 Å². The maximum atomic E-state index is 13.2. The second-order valence-electron chi connectivity index (χ2n) is 8.10. The highest BCUT2D eigenvalue weighted by Gasteiger charge is 2.29. The molecule has 1 saturated heterocycles. The van der Waals surface area contributed by atoms with Crippen LogP contribution in [0.2, 0.25) is 0 Å². The van der Waals surface area contributed by atoms with Crippen molar-refractivity contribution in [2.24, 2.45) is 5.92 Å². The van der Waals surface area contributed by atoms with Crippen LogP contribution in [-0.2, 0) is 16.1 Å². The molecule has 2 N–H and O–H groups in total. The van der Waals surface area contributed by atoms with Crippen LogP contribution >= 0.6 is 0 Å². The lowest BCUT2D eigenvalue weighted by molar-refractivity contribution is -0.117. The lowest BCUT2D eigenvalue weighted by Crippen LogP contribution is -2.39. The highest BCUT2D eigenvalue weighted by atomic mass is 16.5. The molecule has 1 unspecified atom stereocenters. The molecule has 1 aromatic carbocycles. The summed E-state index contributed by atoms with van der Waals surface area (Å²) in [7, 11) is 0. The molecule has 7 nitrogen and oxygen atoms in total. The van der Waals surface area contributed by atoms with E-state index >= 15 is 0 Å². The molecule has 3 amide bonds. The molecule has 30 heavy (non-hydrogen) atoms. The Balaban J connectivity index is 1.47. The van der Waals surface area contributed by atoms with E-state index in [9.17, 15) is 9.59 Å². The summed E-state index contributed by atoms with van der Waals surface area (Å²) in [5.41, 5.74) is 3.29. The third-order valence-electron chi connectivity index (χ3n) is 5.53. The first-order valence-corrected chi connectivity index (χ1v) is 10.6. The van der Waals surface area contributed by atoms with Crippen LogP contribution in [0, 0.1) is 12.8 Å². The maximum Gasteiger partial charge on any atom is 0.322 e. The molecule has 1 aliphatic carbocycles. The van der Waals surface area contributed by atoms with Gasteiger partial charge in [0.25, 0.3) is 0 Å². The van der Waals surface area contributed by atoms with Crippen LogP contribution in [0.15, 0.2) is 42.7 Å².